The maximum atomic E-state index is 12.7. The third-order valence-electron chi connectivity index (χ3n) is 4.86. The number of benzene rings is 2. The molecule has 0 spiro atoms. The lowest BCUT2D eigenvalue weighted by atomic mass is 10.1. The number of methoxy groups -OCH3 is 1. The molecule has 0 fully saturated rings. The zero-order valence-electron chi connectivity index (χ0n) is 17.7. The Labute approximate surface area is 178 Å². The summed E-state index contributed by atoms with van der Waals surface area (Å²) in [4.78, 5) is 14.6. The van der Waals surface area contributed by atoms with Gasteiger partial charge in [-0.05, 0) is 41.8 Å². The highest BCUT2D eigenvalue weighted by atomic mass is 16.5. The summed E-state index contributed by atoms with van der Waals surface area (Å²) in [5.41, 5.74) is 2.07. The molecule has 0 atom stereocenters. The third kappa shape index (κ3) is 6.14. The molecular formula is C25H29NO4. The van der Waals surface area contributed by atoms with Crippen molar-refractivity contribution in [1.82, 2.24) is 4.90 Å². The molecule has 30 heavy (non-hydrogen) atoms. The van der Waals surface area contributed by atoms with Gasteiger partial charge in [0.2, 0.25) is 5.91 Å². The highest BCUT2D eigenvalue weighted by molar-refractivity contribution is 5.76. The number of amides is 1. The first-order valence-corrected chi connectivity index (χ1v) is 10.3. The maximum Gasteiger partial charge on any atom is 0.223 e. The topological polar surface area (TPSA) is 51.9 Å². The van der Waals surface area contributed by atoms with Crippen LogP contribution >= 0.6 is 0 Å². The summed E-state index contributed by atoms with van der Waals surface area (Å²) < 4.78 is 16.9. The van der Waals surface area contributed by atoms with E-state index in [1.165, 1.54) is 0 Å². The smallest absolute Gasteiger partial charge is 0.223 e. The van der Waals surface area contributed by atoms with Gasteiger partial charge in [-0.15, -0.1) is 0 Å². The Bertz CT molecular complexity index is 906. The third-order valence-corrected chi connectivity index (χ3v) is 4.86. The molecule has 2 aromatic carbocycles. The van der Waals surface area contributed by atoms with Gasteiger partial charge in [0.15, 0.2) is 11.5 Å². The zero-order chi connectivity index (χ0) is 21.2. The second kappa shape index (κ2) is 11.1. The van der Waals surface area contributed by atoms with Crippen molar-refractivity contribution in [2.75, 3.05) is 7.11 Å². The van der Waals surface area contributed by atoms with E-state index in [1.54, 1.807) is 13.4 Å². The minimum atomic E-state index is 0.122. The fraction of sp³-hybridized carbons (Fsp3) is 0.320. The average Bonchev–Trinajstić information content (AvgIpc) is 3.30. The van der Waals surface area contributed by atoms with Crippen LogP contribution in [0.15, 0.2) is 71.3 Å². The van der Waals surface area contributed by atoms with E-state index in [0.717, 1.165) is 29.7 Å². The van der Waals surface area contributed by atoms with E-state index in [-0.39, 0.29) is 5.91 Å². The highest BCUT2D eigenvalue weighted by Gasteiger charge is 2.17. The lowest BCUT2D eigenvalue weighted by Gasteiger charge is -2.22. The van der Waals surface area contributed by atoms with Crippen LogP contribution in [0.2, 0.25) is 0 Å². The van der Waals surface area contributed by atoms with E-state index in [0.29, 0.717) is 37.6 Å². The van der Waals surface area contributed by atoms with Gasteiger partial charge in [0.25, 0.3) is 0 Å². The van der Waals surface area contributed by atoms with Gasteiger partial charge in [0.05, 0.1) is 19.9 Å². The van der Waals surface area contributed by atoms with Crippen LogP contribution in [0.25, 0.3) is 0 Å². The number of hydrogen-bond donors (Lipinski definition) is 0. The van der Waals surface area contributed by atoms with E-state index in [9.17, 15) is 4.79 Å². The molecular weight excluding hydrogens is 378 g/mol. The summed E-state index contributed by atoms with van der Waals surface area (Å²) in [6.45, 7) is 3.49. The second-order valence-corrected chi connectivity index (χ2v) is 7.19. The fourth-order valence-corrected chi connectivity index (χ4v) is 3.19. The molecule has 5 nitrogen and oxygen atoms in total. The van der Waals surface area contributed by atoms with Gasteiger partial charge < -0.3 is 18.8 Å². The standard InChI is InChI=1S/C25H29NO4/c1-3-4-12-25(27)26(18-22-11-8-15-29-22)17-21-13-14-23(24(16-21)28-2)30-19-20-9-6-5-7-10-20/h5-11,13-16H,3-4,12,17-19H2,1-2H3. The van der Waals surface area contributed by atoms with E-state index >= 15 is 0 Å². The van der Waals surface area contributed by atoms with Gasteiger partial charge in [-0.3, -0.25) is 4.79 Å². The number of carbonyl (C=O) groups is 1. The van der Waals surface area contributed by atoms with Gasteiger partial charge in [-0.25, -0.2) is 0 Å². The molecule has 1 heterocycles. The number of unbranched alkanes of at least 4 members (excludes halogenated alkanes) is 1. The van der Waals surface area contributed by atoms with Crippen LogP contribution in [0.5, 0.6) is 11.5 Å². The van der Waals surface area contributed by atoms with Gasteiger partial charge in [-0.1, -0.05) is 49.7 Å². The van der Waals surface area contributed by atoms with Crippen LogP contribution in [-0.4, -0.2) is 17.9 Å². The van der Waals surface area contributed by atoms with Gasteiger partial charge in [-0.2, -0.15) is 0 Å². The minimum absolute atomic E-state index is 0.122. The molecule has 0 unspecified atom stereocenters. The van der Waals surface area contributed by atoms with Crippen molar-refractivity contribution in [2.24, 2.45) is 0 Å². The number of carbonyl (C=O) groups excluding carboxylic acids is 1. The maximum absolute atomic E-state index is 12.7. The molecule has 3 rings (SSSR count). The molecule has 1 aromatic heterocycles. The van der Waals surface area contributed by atoms with Gasteiger partial charge in [0, 0.05) is 13.0 Å². The predicted molar refractivity (Wildman–Crippen MR) is 116 cm³/mol. The summed E-state index contributed by atoms with van der Waals surface area (Å²) >= 11 is 0. The Morgan fingerprint density at radius 1 is 0.967 bits per heavy atom. The Hall–Kier alpha value is -3.21. The van der Waals surface area contributed by atoms with Crippen molar-refractivity contribution in [2.45, 2.75) is 45.9 Å². The highest BCUT2D eigenvalue weighted by Crippen LogP contribution is 2.29. The molecule has 3 aromatic rings. The Morgan fingerprint density at radius 3 is 2.50 bits per heavy atom. The molecule has 0 saturated carbocycles. The minimum Gasteiger partial charge on any atom is -0.493 e. The second-order valence-electron chi connectivity index (χ2n) is 7.19. The molecule has 0 aliphatic carbocycles. The molecule has 0 saturated heterocycles. The summed E-state index contributed by atoms with van der Waals surface area (Å²) in [6, 6.07) is 19.5. The fourth-order valence-electron chi connectivity index (χ4n) is 3.19. The Morgan fingerprint density at radius 2 is 1.80 bits per heavy atom. The number of hydrogen-bond acceptors (Lipinski definition) is 4. The van der Waals surface area contributed by atoms with E-state index in [1.807, 2.05) is 65.6 Å². The molecule has 1 amide bonds. The number of furan rings is 1. The number of nitrogens with zero attached hydrogens (tertiary/aromatic N) is 1. The van der Waals surface area contributed by atoms with E-state index in [2.05, 4.69) is 6.92 Å². The number of ether oxygens (including phenoxy) is 2. The predicted octanol–water partition coefficient (Wildman–Crippen LogP) is 5.59. The molecule has 0 bridgehead atoms. The van der Waals surface area contributed by atoms with Crippen LogP contribution in [0, 0.1) is 0 Å². The Balaban J connectivity index is 1.71. The van der Waals surface area contributed by atoms with Crippen molar-refractivity contribution in [3.05, 3.63) is 83.8 Å². The SMILES string of the molecule is CCCCC(=O)N(Cc1ccc(OCc2ccccc2)c(OC)c1)Cc1ccco1. The van der Waals surface area contributed by atoms with E-state index in [4.69, 9.17) is 13.9 Å². The zero-order valence-corrected chi connectivity index (χ0v) is 17.7. The summed E-state index contributed by atoms with van der Waals surface area (Å²) in [6.07, 6.45) is 4.03. The first-order chi connectivity index (χ1) is 14.7. The van der Waals surface area contributed by atoms with Crippen molar-refractivity contribution in [3.8, 4) is 11.5 Å². The molecule has 5 heteroatoms. The van der Waals surface area contributed by atoms with Crippen LogP contribution in [0.1, 0.15) is 43.1 Å². The van der Waals surface area contributed by atoms with Crippen LogP contribution < -0.4 is 9.47 Å². The summed E-state index contributed by atoms with van der Waals surface area (Å²) in [5, 5.41) is 0. The number of rotatable bonds is 11. The van der Waals surface area contributed by atoms with Crippen LogP contribution in [-0.2, 0) is 24.5 Å². The molecule has 0 N–H and O–H groups in total. The summed E-state index contributed by atoms with van der Waals surface area (Å²) in [5.74, 6) is 2.23. The van der Waals surface area contributed by atoms with Gasteiger partial charge >= 0.3 is 0 Å². The molecule has 0 aliphatic heterocycles. The van der Waals surface area contributed by atoms with Crippen LogP contribution in [0.3, 0.4) is 0 Å². The quantitative estimate of drug-likeness (QED) is 0.416. The largest absolute Gasteiger partial charge is 0.493 e. The first-order valence-electron chi connectivity index (χ1n) is 10.3. The average molecular weight is 408 g/mol. The monoisotopic (exact) mass is 407 g/mol. The van der Waals surface area contributed by atoms with Crippen molar-refractivity contribution >= 4 is 5.91 Å². The van der Waals surface area contributed by atoms with Gasteiger partial charge in [0.1, 0.15) is 12.4 Å². The molecule has 0 aliphatic rings. The lowest BCUT2D eigenvalue weighted by molar-refractivity contribution is -0.132. The van der Waals surface area contributed by atoms with Crippen molar-refractivity contribution in [3.63, 3.8) is 0 Å². The lowest BCUT2D eigenvalue weighted by Crippen LogP contribution is -2.29. The molecule has 0 radical (unpaired) electrons. The van der Waals surface area contributed by atoms with Crippen LogP contribution in [0.4, 0.5) is 0 Å². The Kier molecular flexibility index (Phi) is 7.95. The summed E-state index contributed by atoms with van der Waals surface area (Å²) in [7, 11) is 1.63. The van der Waals surface area contributed by atoms with E-state index < -0.39 is 0 Å². The van der Waals surface area contributed by atoms with Crippen molar-refractivity contribution < 1.29 is 18.7 Å². The first kappa shape index (κ1) is 21.5. The molecule has 158 valence electrons. The van der Waals surface area contributed by atoms with Crippen molar-refractivity contribution in [1.29, 1.82) is 0 Å². The normalized spacial score (nSPS) is 10.6.